The first-order valence-corrected chi connectivity index (χ1v) is 3.68. The number of nitrogens with two attached hydrogens (primary N) is 1. The van der Waals surface area contributed by atoms with Gasteiger partial charge in [0.2, 0.25) is 5.54 Å². The van der Waals surface area contributed by atoms with E-state index in [2.05, 4.69) is 4.74 Å². The van der Waals surface area contributed by atoms with Crippen LogP contribution in [-0.2, 0) is 14.3 Å². The van der Waals surface area contributed by atoms with Gasteiger partial charge in [0.15, 0.2) is 0 Å². The lowest BCUT2D eigenvalue weighted by Gasteiger charge is -2.19. The molecule has 0 heterocycles. The standard InChI is InChI=1S/C7H13NO4/c1-3-7(8,5(9)10)6(11)12-4-2/h3-4,8H2,1-2H3,(H,9,10). The molecule has 5 heteroatoms. The first-order chi connectivity index (χ1) is 5.49. The molecular weight excluding hydrogens is 162 g/mol. The molecule has 0 aliphatic heterocycles. The normalized spacial score (nSPS) is 14.9. The van der Waals surface area contributed by atoms with E-state index in [4.69, 9.17) is 10.8 Å². The fraction of sp³-hybridized carbons (Fsp3) is 0.714. The molecule has 0 saturated heterocycles. The minimum absolute atomic E-state index is 0.0150. The number of ether oxygens (including phenoxy) is 1. The highest BCUT2D eigenvalue weighted by atomic mass is 16.5. The molecule has 3 N–H and O–H groups in total. The molecular formula is C7H13NO4. The van der Waals surface area contributed by atoms with Gasteiger partial charge in [-0.2, -0.15) is 0 Å². The van der Waals surface area contributed by atoms with Crippen LogP contribution in [-0.4, -0.2) is 29.2 Å². The molecule has 0 amide bonds. The highest BCUT2D eigenvalue weighted by Gasteiger charge is 2.41. The van der Waals surface area contributed by atoms with E-state index in [0.717, 1.165) is 0 Å². The Morgan fingerprint density at radius 1 is 1.50 bits per heavy atom. The van der Waals surface area contributed by atoms with E-state index in [1.165, 1.54) is 6.92 Å². The minimum Gasteiger partial charge on any atom is -0.479 e. The summed E-state index contributed by atoms with van der Waals surface area (Å²) in [7, 11) is 0. The summed E-state index contributed by atoms with van der Waals surface area (Å²) in [5.74, 6) is -2.25. The summed E-state index contributed by atoms with van der Waals surface area (Å²) >= 11 is 0. The zero-order valence-corrected chi connectivity index (χ0v) is 7.16. The van der Waals surface area contributed by atoms with E-state index in [9.17, 15) is 9.59 Å². The molecule has 1 atom stereocenters. The number of carboxylic acids is 1. The first-order valence-electron chi connectivity index (χ1n) is 3.68. The number of hydrogen-bond donors (Lipinski definition) is 2. The summed E-state index contributed by atoms with van der Waals surface area (Å²) in [5, 5.41) is 8.60. The van der Waals surface area contributed by atoms with Crippen molar-refractivity contribution < 1.29 is 19.4 Å². The van der Waals surface area contributed by atoms with Crippen molar-refractivity contribution in [1.29, 1.82) is 0 Å². The third kappa shape index (κ3) is 1.94. The van der Waals surface area contributed by atoms with E-state index in [-0.39, 0.29) is 13.0 Å². The van der Waals surface area contributed by atoms with Crippen molar-refractivity contribution in [2.24, 2.45) is 5.73 Å². The number of carbonyl (C=O) groups is 2. The van der Waals surface area contributed by atoms with Crippen molar-refractivity contribution in [2.45, 2.75) is 25.8 Å². The van der Waals surface area contributed by atoms with Crippen molar-refractivity contribution in [3.8, 4) is 0 Å². The summed E-state index contributed by atoms with van der Waals surface area (Å²) < 4.78 is 4.51. The molecule has 0 aromatic heterocycles. The molecule has 0 fully saturated rings. The highest BCUT2D eigenvalue weighted by Crippen LogP contribution is 2.08. The Labute approximate surface area is 70.5 Å². The van der Waals surface area contributed by atoms with Crippen LogP contribution >= 0.6 is 0 Å². The molecule has 0 radical (unpaired) electrons. The van der Waals surface area contributed by atoms with Gasteiger partial charge in [-0.05, 0) is 13.3 Å². The molecule has 0 spiro atoms. The van der Waals surface area contributed by atoms with Gasteiger partial charge in [-0.15, -0.1) is 0 Å². The monoisotopic (exact) mass is 175 g/mol. The molecule has 0 aliphatic rings. The summed E-state index contributed by atoms with van der Waals surface area (Å²) in [6.07, 6.45) is 0.0150. The number of aliphatic carboxylic acids is 1. The van der Waals surface area contributed by atoms with Crippen molar-refractivity contribution in [1.82, 2.24) is 0 Å². The topological polar surface area (TPSA) is 89.6 Å². The van der Waals surface area contributed by atoms with Crippen LogP contribution in [0, 0.1) is 0 Å². The second-order valence-electron chi connectivity index (χ2n) is 2.35. The van der Waals surface area contributed by atoms with E-state index in [1.54, 1.807) is 6.92 Å². The van der Waals surface area contributed by atoms with Gasteiger partial charge in [0.25, 0.3) is 0 Å². The minimum atomic E-state index is -1.89. The van der Waals surface area contributed by atoms with Crippen LogP contribution in [0.1, 0.15) is 20.3 Å². The van der Waals surface area contributed by atoms with Crippen molar-refractivity contribution in [3.63, 3.8) is 0 Å². The SMILES string of the molecule is CCOC(=O)C(N)(CC)C(=O)O. The Morgan fingerprint density at radius 3 is 2.25 bits per heavy atom. The number of hydrogen-bond acceptors (Lipinski definition) is 4. The zero-order chi connectivity index (χ0) is 9.78. The molecule has 12 heavy (non-hydrogen) atoms. The van der Waals surface area contributed by atoms with E-state index >= 15 is 0 Å². The van der Waals surface area contributed by atoms with E-state index in [1.807, 2.05) is 0 Å². The van der Waals surface area contributed by atoms with Gasteiger partial charge in [-0.1, -0.05) is 6.92 Å². The quantitative estimate of drug-likeness (QED) is 0.454. The number of carbonyl (C=O) groups excluding carboxylic acids is 1. The third-order valence-corrected chi connectivity index (χ3v) is 1.58. The summed E-state index contributed by atoms with van der Waals surface area (Å²) in [6, 6.07) is 0. The van der Waals surface area contributed by atoms with Crippen molar-refractivity contribution in [2.75, 3.05) is 6.61 Å². The second-order valence-corrected chi connectivity index (χ2v) is 2.35. The fourth-order valence-electron chi connectivity index (χ4n) is 0.643. The Bertz CT molecular complexity index is 192. The fourth-order valence-corrected chi connectivity index (χ4v) is 0.643. The van der Waals surface area contributed by atoms with Crippen LogP contribution in [0.25, 0.3) is 0 Å². The molecule has 0 aromatic carbocycles. The van der Waals surface area contributed by atoms with Gasteiger partial charge in [0.05, 0.1) is 6.61 Å². The first kappa shape index (κ1) is 10.9. The molecule has 0 rings (SSSR count). The van der Waals surface area contributed by atoms with E-state index in [0.29, 0.717) is 0 Å². The number of carboxylic acid groups (broad SMARTS) is 1. The Balaban J connectivity index is 4.52. The van der Waals surface area contributed by atoms with Crippen LogP contribution < -0.4 is 5.73 Å². The van der Waals surface area contributed by atoms with Crippen LogP contribution in [0.4, 0.5) is 0 Å². The molecule has 5 nitrogen and oxygen atoms in total. The second kappa shape index (κ2) is 4.06. The summed E-state index contributed by atoms with van der Waals surface area (Å²) in [4.78, 5) is 21.6. The Kier molecular flexibility index (Phi) is 3.69. The van der Waals surface area contributed by atoms with Gasteiger partial charge in [0, 0.05) is 0 Å². The lowest BCUT2D eigenvalue weighted by molar-refractivity contribution is -0.160. The molecule has 1 unspecified atom stereocenters. The maximum absolute atomic E-state index is 11.0. The third-order valence-electron chi connectivity index (χ3n) is 1.58. The average molecular weight is 175 g/mol. The van der Waals surface area contributed by atoms with Crippen molar-refractivity contribution >= 4 is 11.9 Å². The maximum Gasteiger partial charge on any atom is 0.337 e. The Hall–Kier alpha value is -1.10. The predicted molar refractivity (Wildman–Crippen MR) is 41.5 cm³/mol. The molecule has 0 saturated carbocycles. The van der Waals surface area contributed by atoms with Gasteiger partial charge >= 0.3 is 11.9 Å². The maximum atomic E-state index is 11.0. The zero-order valence-electron chi connectivity index (χ0n) is 7.16. The van der Waals surface area contributed by atoms with Gasteiger partial charge in [0.1, 0.15) is 0 Å². The molecule has 70 valence electrons. The highest BCUT2D eigenvalue weighted by molar-refractivity contribution is 6.03. The summed E-state index contributed by atoms with van der Waals surface area (Å²) in [6.45, 7) is 3.24. The predicted octanol–water partition coefficient (Wildman–Crippen LogP) is -0.258. The van der Waals surface area contributed by atoms with Crippen LogP contribution in [0.3, 0.4) is 0 Å². The largest absolute Gasteiger partial charge is 0.479 e. The number of esters is 1. The summed E-state index contributed by atoms with van der Waals surface area (Å²) in [5.41, 5.74) is 3.40. The Morgan fingerprint density at radius 2 is 2.00 bits per heavy atom. The molecule has 0 aromatic rings. The van der Waals surface area contributed by atoms with Crippen LogP contribution in [0.5, 0.6) is 0 Å². The van der Waals surface area contributed by atoms with Gasteiger partial charge in [-0.25, -0.2) is 9.59 Å². The van der Waals surface area contributed by atoms with Gasteiger partial charge in [-0.3, -0.25) is 0 Å². The lowest BCUT2D eigenvalue weighted by atomic mass is 9.98. The number of rotatable bonds is 4. The van der Waals surface area contributed by atoms with E-state index < -0.39 is 17.5 Å². The van der Waals surface area contributed by atoms with Crippen LogP contribution in [0.2, 0.25) is 0 Å². The van der Waals surface area contributed by atoms with Gasteiger partial charge < -0.3 is 15.6 Å². The molecule has 0 aliphatic carbocycles. The molecule has 0 bridgehead atoms. The van der Waals surface area contributed by atoms with Crippen molar-refractivity contribution in [3.05, 3.63) is 0 Å². The lowest BCUT2D eigenvalue weighted by Crippen LogP contribution is -2.55. The van der Waals surface area contributed by atoms with Crippen LogP contribution in [0.15, 0.2) is 0 Å². The average Bonchev–Trinajstić information content (AvgIpc) is 2.03. The smallest absolute Gasteiger partial charge is 0.337 e.